The Morgan fingerprint density at radius 3 is 2.70 bits per heavy atom. The molecular weight excluding hydrogens is 543 g/mol. The molecule has 214 valence electrons. The van der Waals surface area contributed by atoms with Crippen LogP contribution in [0.2, 0.25) is 0 Å². The van der Waals surface area contributed by atoms with Crippen molar-refractivity contribution in [3.8, 4) is 18.1 Å². The molecule has 0 aliphatic carbocycles. The lowest BCUT2D eigenvalue weighted by Gasteiger charge is -2.28. The number of aromatic amines is 1. The van der Waals surface area contributed by atoms with Crippen LogP contribution in [0.5, 0.6) is 5.75 Å². The van der Waals surface area contributed by atoms with Gasteiger partial charge in [0.1, 0.15) is 24.0 Å². The smallest absolute Gasteiger partial charge is 0.459 e. The Balaban J connectivity index is 1.59. The van der Waals surface area contributed by atoms with Crippen LogP contribution in [0.4, 0.5) is 5.95 Å². The lowest BCUT2D eigenvalue weighted by molar-refractivity contribution is -0.149. The van der Waals surface area contributed by atoms with E-state index in [0.717, 1.165) is 0 Å². The number of nitrogens with one attached hydrogen (secondary N) is 2. The van der Waals surface area contributed by atoms with Crippen molar-refractivity contribution < 1.29 is 33.0 Å². The Hall–Kier alpha value is -3.70. The minimum atomic E-state index is -4.27. The first-order valence-corrected chi connectivity index (χ1v) is 13.8. The number of ether oxygens (including phenoxy) is 2. The molecule has 2 aromatic heterocycles. The highest BCUT2D eigenvalue weighted by molar-refractivity contribution is 7.52. The third-order valence-electron chi connectivity index (χ3n) is 6.09. The van der Waals surface area contributed by atoms with Crippen LogP contribution in [0.1, 0.15) is 27.0 Å². The number of aliphatic hydroxyl groups excluding tert-OH is 1. The molecule has 1 aliphatic heterocycles. The van der Waals surface area contributed by atoms with Crippen LogP contribution in [0, 0.1) is 12.3 Å². The third kappa shape index (κ3) is 5.90. The monoisotopic (exact) mass is 574 g/mol. The number of esters is 1. The predicted molar refractivity (Wildman–Crippen MR) is 145 cm³/mol. The molecule has 14 nitrogen and oxygen atoms in total. The summed E-state index contributed by atoms with van der Waals surface area (Å²) in [4.78, 5) is 31.2. The van der Waals surface area contributed by atoms with Crippen LogP contribution in [0.15, 0.2) is 47.4 Å². The van der Waals surface area contributed by atoms with E-state index in [9.17, 15) is 19.3 Å². The zero-order valence-corrected chi connectivity index (χ0v) is 22.9. The predicted octanol–water partition coefficient (Wildman–Crippen LogP) is 1.03. The minimum Gasteiger partial charge on any atom is -0.462 e. The largest absolute Gasteiger partial charge is 0.462 e. The number of para-hydroxylation sites is 1. The zero-order valence-electron chi connectivity index (χ0n) is 22.0. The number of rotatable bonds is 10. The molecular formula is C25H31N6O8P. The Morgan fingerprint density at radius 1 is 1.35 bits per heavy atom. The summed E-state index contributed by atoms with van der Waals surface area (Å²) < 4.78 is 37.6. The van der Waals surface area contributed by atoms with Gasteiger partial charge in [0.15, 0.2) is 17.4 Å². The first kappa shape index (κ1) is 29.3. The van der Waals surface area contributed by atoms with E-state index < -0.39 is 62.0 Å². The van der Waals surface area contributed by atoms with Crippen molar-refractivity contribution in [1.29, 1.82) is 0 Å². The van der Waals surface area contributed by atoms with Gasteiger partial charge < -0.3 is 35.1 Å². The average Bonchev–Trinajstić information content (AvgIpc) is 3.42. The Bertz CT molecular complexity index is 1520. The third-order valence-corrected chi connectivity index (χ3v) is 7.73. The minimum absolute atomic E-state index is 0.127. The van der Waals surface area contributed by atoms with Gasteiger partial charge in [-0.3, -0.25) is 19.1 Å². The van der Waals surface area contributed by atoms with Gasteiger partial charge in [-0.15, -0.1) is 6.42 Å². The van der Waals surface area contributed by atoms with Gasteiger partial charge in [0.25, 0.3) is 5.56 Å². The van der Waals surface area contributed by atoms with Crippen molar-refractivity contribution in [2.75, 3.05) is 12.3 Å². The summed E-state index contributed by atoms with van der Waals surface area (Å²) in [6.45, 7) is 4.27. The second-order valence-corrected chi connectivity index (χ2v) is 11.2. The molecule has 0 saturated carbocycles. The molecule has 40 heavy (non-hydrogen) atoms. The maximum absolute atomic E-state index is 13.8. The van der Waals surface area contributed by atoms with Crippen molar-refractivity contribution in [3.63, 3.8) is 0 Å². The molecule has 1 aromatic carbocycles. The van der Waals surface area contributed by atoms with Gasteiger partial charge in [-0.25, -0.2) is 4.57 Å². The summed E-state index contributed by atoms with van der Waals surface area (Å²) in [7, 11) is -4.27. The van der Waals surface area contributed by atoms with Crippen molar-refractivity contribution in [3.05, 3.63) is 52.9 Å². The highest BCUT2D eigenvalue weighted by Crippen LogP contribution is 2.47. The number of terminal acetylenes is 1. The number of hydrogen-bond acceptors (Lipinski definition) is 11. The van der Waals surface area contributed by atoms with Crippen molar-refractivity contribution in [1.82, 2.24) is 19.6 Å². The highest BCUT2D eigenvalue weighted by atomic mass is 31.2. The summed E-state index contributed by atoms with van der Waals surface area (Å²) in [6, 6.07) is 8.54. The topological polar surface area (TPSA) is 206 Å². The Morgan fingerprint density at radius 2 is 2.05 bits per heavy atom. The van der Waals surface area contributed by atoms with Gasteiger partial charge in [0.2, 0.25) is 5.95 Å². The van der Waals surface area contributed by atoms with Gasteiger partial charge in [0.05, 0.1) is 18.1 Å². The van der Waals surface area contributed by atoms with E-state index >= 15 is 0 Å². The molecule has 3 heterocycles. The van der Waals surface area contributed by atoms with Crippen molar-refractivity contribution in [2.24, 2.45) is 5.73 Å². The lowest BCUT2D eigenvalue weighted by atomic mass is 9.92. The van der Waals surface area contributed by atoms with Gasteiger partial charge in [0, 0.05) is 6.20 Å². The molecule has 0 spiro atoms. The van der Waals surface area contributed by atoms with Crippen LogP contribution < -0.4 is 26.6 Å². The number of nitrogen functional groups attached to an aromatic ring is 1. The summed E-state index contributed by atoms with van der Waals surface area (Å²) in [5.41, 5.74) is 9.95. The number of carbonyl (C=O) groups is 1. The zero-order chi connectivity index (χ0) is 29.2. The quantitative estimate of drug-likeness (QED) is 0.131. The van der Waals surface area contributed by atoms with E-state index in [1.165, 1.54) is 23.8 Å². The Labute approximate surface area is 229 Å². The van der Waals surface area contributed by atoms with Crippen molar-refractivity contribution >= 4 is 30.7 Å². The van der Waals surface area contributed by atoms with E-state index in [-0.39, 0.29) is 22.7 Å². The highest BCUT2D eigenvalue weighted by Gasteiger charge is 2.55. The van der Waals surface area contributed by atoms with E-state index in [2.05, 4.69) is 21.0 Å². The van der Waals surface area contributed by atoms with Crippen LogP contribution in [-0.4, -0.2) is 62.1 Å². The number of nitrogens with two attached hydrogens (primary N) is 2. The molecule has 0 bridgehead atoms. The van der Waals surface area contributed by atoms with Crippen molar-refractivity contribution in [2.45, 2.75) is 56.9 Å². The maximum atomic E-state index is 13.8. The maximum Gasteiger partial charge on any atom is 0.459 e. The van der Waals surface area contributed by atoms with E-state index in [0.29, 0.717) is 0 Å². The molecule has 0 amide bonds. The average molecular weight is 575 g/mol. The molecule has 2 unspecified atom stereocenters. The molecule has 3 aromatic rings. The number of carbonyl (C=O) groups excluding carboxylic acids is 1. The number of benzene rings is 1. The Kier molecular flexibility index (Phi) is 8.36. The van der Waals surface area contributed by atoms with E-state index in [1.54, 1.807) is 44.2 Å². The lowest BCUT2D eigenvalue weighted by Crippen LogP contribution is -2.53. The van der Waals surface area contributed by atoms with Crippen LogP contribution in [0.25, 0.3) is 11.0 Å². The molecule has 1 fully saturated rings. The van der Waals surface area contributed by atoms with Crippen LogP contribution in [0.3, 0.4) is 0 Å². The summed E-state index contributed by atoms with van der Waals surface area (Å²) in [6.07, 6.45) is 2.84. The standard InChI is InChI=1S/C25H31N6O8P/c1-5-25(27)19(32)18(38-23(25)31-12-11-17-20(31)28-24(26)29-21(17)33)13-36-40(35,39-16-9-7-6-8-10-16)30-15(4)22(34)37-14(2)3/h1,6-12,14-15,18-19,23,32H,13,27H2,2-4H3,(H,30,35)(H3,26,28,29,33)/t15-,18+,19-,23+,25?,40?/m0/s1. The number of nitrogens with zero attached hydrogens (tertiary/aromatic N) is 2. The normalized spacial score (nSPS) is 24.9. The molecule has 6 atom stereocenters. The SMILES string of the molecule is C#CC1(N)[C@@H](O)[C@@H](COP(=O)(N[C@@H](C)C(=O)OC(C)C)Oc2ccccc2)O[C@H]1n1ccc2c(=O)[nH]c(N)nc21. The fraction of sp³-hybridized carbons (Fsp3) is 0.400. The molecule has 15 heteroatoms. The molecule has 4 rings (SSSR count). The van der Waals surface area contributed by atoms with Gasteiger partial charge in [-0.05, 0) is 39.0 Å². The van der Waals surface area contributed by atoms with Gasteiger partial charge in [-0.1, -0.05) is 24.1 Å². The van der Waals surface area contributed by atoms with E-state index in [1.807, 2.05) is 0 Å². The first-order chi connectivity index (χ1) is 18.9. The second kappa shape index (κ2) is 11.4. The number of aromatic nitrogens is 3. The number of fused-ring (bicyclic) bond motifs is 1. The second-order valence-electron chi connectivity index (χ2n) is 9.49. The summed E-state index contributed by atoms with van der Waals surface area (Å²) in [5.74, 6) is 1.73. The fourth-order valence-corrected chi connectivity index (χ4v) is 5.65. The summed E-state index contributed by atoms with van der Waals surface area (Å²) >= 11 is 0. The van der Waals surface area contributed by atoms with Crippen LogP contribution >= 0.6 is 7.75 Å². The molecule has 1 aliphatic rings. The molecule has 0 radical (unpaired) electrons. The number of anilines is 1. The first-order valence-electron chi connectivity index (χ1n) is 12.3. The molecule has 7 N–H and O–H groups in total. The van der Waals surface area contributed by atoms with Crippen LogP contribution in [-0.2, 0) is 23.4 Å². The van der Waals surface area contributed by atoms with Gasteiger partial charge in [-0.2, -0.15) is 10.1 Å². The number of H-pyrrole nitrogens is 1. The fourth-order valence-electron chi connectivity index (χ4n) is 4.14. The molecule has 1 saturated heterocycles. The number of hydrogen-bond donors (Lipinski definition) is 5. The number of aliphatic hydroxyl groups is 1. The summed E-state index contributed by atoms with van der Waals surface area (Å²) in [5, 5.41) is 13.8. The van der Waals surface area contributed by atoms with E-state index in [4.69, 9.17) is 36.4 Å². The van der Waals surface area contributed by atoms with Gasteiger partial charge >= 0.3 is 13.7 Å².